The van der Waals surface area contributed by atoms with E-state index in [0.717, 1.165) is 105 Å². The van der Waals surface area contributed by atoms with Crippen LogP contribution in [-0.2, 0) is 0 Å². The molecule has 3 heterocycles. The lowest BCUT2D eigenvalue weighted by Gasteiger charge is -2.25. The van der Waals surface area contributed by atoms with Crippen LogP contribution in [0.4, 0.5) is 17.1 Å². The van der Waals surface area contributed by atoms with E-state index >= 15 is 0 Å². The molecule has 0 aliphatic carbocycles. The maximum atomic E-state index is 7.13. The van der Waals surface area contributed by atoms with Crippen LogP contribution in [0.15, 0.2) is 211 Å². The molecule has 12 aromatic rings. The van der Waals surface area contributed by atoms with E-state index in [9.17, 15) is 0 Å². The largest absolute Gasteiger partial charge is 0.454 e. The molecule has 0 atom stereocenters. The predicted octanol–water partition coefficient (Wildman–Crippen LogP) is 14.6. The standard InChI is InChI=1S/C54H34N4O/c1-5-17-35(18-6-1)37-29-31-44-47(33-37)58(54-55-46-28-16-15-27-43(46)51(56-54)36-19-7-2-8-20-36)52-49(44)41-25-13-14-26-42(41)50-45-34-40(30-32-48(45)59-53(50)52)57(38-21-9-3-10-22-38)39-23-11-4-12-24-39/h1-34H. The smallest absolute Gasteiger partial charge is 0.235 e. The van der Waals surface area contributed by atoms with Crippen LogP contribution in [0.3, 0.4) is 0 Å². The zero-order valence-electron chi connectivity index (χ0n) is 31.8. The van der Waals surface area contributed by atoms with E-state index < -0.39 is 0 Å². The minimum atomic E-state index is 0.588. The lowest BCUT2D eigenvalue weighted by molar-refractivity contribution is 0.671. The number of nitrogens with zero attached hydrogens (tertiary/aromatic N) is 4. The molecule has 0 saturated heterocycles. The van der Waals surface area contributed by atoms with Crippen LogP contribution < -0.4 is 4.90 Å². The number of rotatable bonds is 6. The normalized spacial score (nSPS) is 11.7. The molecule has 5 nitrogen and oxygen atoms in total. The number of fused-ring (bicyclic) bond motifs is 11. The zero-order valence-corrected chi connectivity index (χ0v) is 31.8. The Balaban J connectivity index is 1.23. The fourth-order valence-electron chi connectivity index (χ4n) is 8.95. The predicted molar refractivity (Wildman–Crippen MR) is 244 cm³/mol. The Labute approximate surface area is 339 Å². The van der Waals surface area contributed by atoms with E-state index in [1.807, 2.05) is 12.1 Å². The molecular formula is C54H34N4O. The third-order valence-corrected chi connectivity index (χ3v) is 11.6. The number of hydrogen-bond donors (Lipinski definition) is 0. The number of furan rings is 1. The van der Waals surface area contributed by atoms with Gasteiger partial charge in [-0.2, -0.15) is 0 Å². The lowest BCUT2D eigenvalue weighted by Crippen LogP contribution is -2.09. The van der Waals surface area contributed by atoms with Gasteiger partial charge in [0.15, 0.2) is 5.58 Å². The van der Waals surface area contributed by atoms with Gasteiger partial charge in [0.1, 0.15) is 11.1 Å². The number of benzene rings is 9. The summed E-state index contributed by atoms with van der Waals surface area (Å²) in [5, 5.41) is 7.59. The van der Waals surface area contributed by atoms with Crippen LogP contribution in [0.25, 0.3) is 93.8 Å². The Kier molecular flexibility index (Phi) is 7.47. The first-order chi connectivity index (χ1) is 29.3. The first-order valence-electron chi connectivity index (χ1n) is 19.9. The molecule has 0 bridgehead atoms. The van der Waals surface area contributed by atoms with Gasteiger partial charge in [0.25, 0.3) is 0 Å². The van der Waals surface area contributed by atoms with Crippen molar-refractivity contribution < 1.29 is 4.42 Å². The average molecular weight is 755 g/mol. The number of para-hydroxylation sites is 3. The highest BCUT2D eigenvalue weighted by molar-refractivity contribution is 6.35. The molecule has 0 amide bonds. The van der Waals surface area contributed by atoms with Gasteiger partial charge < -0.3 is 9.32 Å². The van der Waals surface area contributed by atoms with Gasteiger partial charge in [-0.25, -0.2) is 9.97 Å². The van der Waals surface area contributed by atoms with Crippen LogP contribution in [0.1, 0.15) is 0 Å². The average Bonchev–Trinajstić information content (AvgIpc) is 3.86. The molecule has 276 valence electrons. The number of hydrogen-bond acceptors (Lipinski definition) is 4. The third kappa shape index (κ3) is 5.25. The molecule has 9 aromatic carbocycles. The molecule has 0 unspecified atom stereocenters. The maximum absolute atomic E-state index is 7.13. The van der Waals surface area contributed by atoms with Crippen LogP contribution in [0.2, 0.25) is 0 Å². The van der Waals surface area contributed by atoms with E-state index in [1.165, 1.54) is 0 Å². The summed E-state index contributed by atoms with van der Waals surface area (Å²) in [5.74, 6) is 0.588. The van der Waals surface area contributed by atoms with Crippen LogP contribution in [0.5, 0.6) is 0 Å². The molecule has 0 N–H and O–H groups in total. The maximum Gasteiger partial charge on any atom is 0.235 e. The number of aromatic nitrogens is 3. The molecule has 59 heavy (non-hydrogen) atoms. The summed E-state index contributed by atoms with van der Waals surface area (Å²) in [4.78, 5) is 13.1. The lowest BCUT2D eigenvalue weighted by atomic mass is 9.97. The van der Waals surface area contributed by atoms with Gasteiger partial charge in [-0.15, -0.1) is 0 Å². The summed E-state index contributed by atoms with van der Waals surface area (Å²) in [6.45, 7) is 0. The first-order valence-corrected chi connectivity index (χ1v) is 19.9. The van der Waals surface area contributed by atoms with E-state index in [2.05, 4.69) is 204 Å². The molecule has 0 radical (unpaired) electrons. The molecule has 0 saturated carbocycles. The van der Waals surface area contributed by atoms with Gasteiger partial charge in [-0.1, -0.05) is 152 Å². The molecule has 0 aliphatic heterocycles. The van der Waals surface area contributed by atoms with Crippen LogP contribution >= 0.6 is 0 Å². The van der Waals surface area contributed by atoms with Crippen molar-refractivity contribution in [2.75, 3.05) is 4.90 Å². The van der Waals surface area contributed by atoms with Crippen molar-refractivity contribution in [1.29, 1.82) is 0 Å². The second kappa shape index (κ2) is 13.3. The highest BCUT2D eigenvalue weighted by Crippen LogP contribution is 2.47. The zero-order chi connectivity index (χ0) is 38.9. The summed E-state index contributed by atoms with van der Waals surface area (Å²) in [6, 6.07) is 72.4. The van der Waals surface area contributed by atoms with Crippen molar-refractivity contribution in [2.24, 2.45) is 0 Å². The molecule has 3 aromatic heterocycles. The summed E-state index contributed by atoms with van der Waals surface area (Å²) in [5.41, 5.74) is 11.8. The second-order valence-electron chi connectivity index (χ2n) is 15.0. The molecule has 0 spiro atoms. The van der Waals surface area contributed by atoms with Crippen molar-refractivity contribution in [2.45, 2.75) is 0 Å². The third-order valence-electron chi connectivity index (χ3n) is 11.6. The second-order valence-corrected chi connectivity index (χ2v) is 15.0. The summed E-state index contributed by atoms with van der Waals surface area (Å²) >= 11 is 0. The van der Waals surface area contributed by atoms with E-state index in [4.69, 9.17) is 14.4 Å². The van der Waals surface area contributed by atoms with E-state index in [1.54, 1.807) is 0 Å². The van der Waals surface area contributed by atoms with Gasteiger partial charge in [0.2, 0.25) is 5.95 Å². The van der Waals surface area contributed by atoms with Crippen LogP contribution in [0, 0.1) is 0 Å². The minimum Gasteiger partial charge on any atom is -0.454 e. The Morgan fingerprint density at radius 2 is 1.00 bits per heavy atom. The van der Waals surface area contributed by atoms with Crippen molar-refractivity contribution in [3.63, 3.8) is 0 Å². The topological polar surface area (TPSA) is 47.1 Å². The fraction of sp³-hybridized carbons (Fsp3) is 0. The van der Waals surface area contributed by atoms with Crippen molar-refractivity contribution >= 4 is 82.5 Å². The SMILES string of the molecule is c1ccc(-c2ccc3c4c5ccccc5c5c6cc(N(c7ccccc7)c7ccccc7)ccc6oc5c4n(-c4nc(-c5ccccc5)c5ccccc5n4)c3c2)cc1. The Morgan fingerprint density at radius 1 is 0.407 bits per heavy atom. The van der Waals surface area contributed by atoms with E-state index in [-0.39, 0.29) is 0 Å². The highest BCUT2D eigenvalue weighted by Gasteiger charge is 2.26. The van der Waals surface area contributed by atoms with Crippen molar-refractivity contribution in [3.8, 4) is 28.3 Å². The van der Waals surface area contributed by atoms with Gasteiger partial charge in [0, 0.05) is 49.6 Å². The van der Waals surface area contributed by atoms with Crippen molar-refractivity contribution in [3.05, 3.63) is 206 Å². The highest BCUT2D eigenvalue weighted by atomic mass is 16.3. The van der Waals surface area contributed by atoms with Gasteiger partial charge in [0.05, 0.1) is 16.7 Å². The summed E-state index contributed by atoms with van der Waals surface area (Å²) in [7, 11) is 0. The summed E-state index contributed by atoms with van der Waals surface area (Å²) in [6.07, 6.45) is 0. The van der Waals surface area contributed by atoms with Gasteiger partial charge in [-0.05, 0) is 76.5 Å². The van der Waals surface area contributed by atoms with Gasteiger partial charge in [-0.3, -0.25) is 4.57 Å². The Bertz CT molecular complexity index is 3500. The fourth-order valence-corrected chi connectivity index (χ4v) is 8.95. The van der Waals surface area contributed by atoms with Crippen molar-refractivity contribution in [1.82, 2.24) is 14.5 Å². The van der Waals surface area contributed by atoms with Gasteiger partial charge >= 0.3 is 0 Å². The molecule has 0 aliphatic rings. The molecule has 5 heteroatoms. The van der Waals surface area contributed by atoms with Crippen LogP contribution in [-0.4, -0.2) is 14.5 Å². The molecular weight excluding hydrogens is 721 g/mol. The molecule has 0 fully saturated rings. The quantitative estimate of drug-likeness (QED) is 0.170. The number of anilines is 3. The molecule has 12 rings (SSSR count). The van der Waals surface area contributed by atoms with E-state index in [0.29, 0.717) is 5.95 Å². The monoisotopic (exact) mass is 754 g/mol. The minimum absolute atomic E-state index is 0.588. The first kappa shape index (κ1) is 33.2. The summed E-state index contributed by atoms with van der Waals surface area (Å²) < 4.78 is 9.38. The Morgan fingerprint density at radius 3 is 1.69 bits per heavy atom. The Hall–Kier alpha value is -8.02.